The van der Waals surface area contributed by atoms with Gasteiger partial charge in [-0.1, -0.05) is 0 Å². The predicted molar refractivity (Wildman–Crippen MR) is 55.8 cm³/mol. The standard InChI is InChI=1S/C7H9F3N6O2/c1-15(2-7(8,9)10)6-4(16(17)18)5(14-11)12-3-13-6/h3H,2,11H2,1H3,(H,12,13,14). The van der Waals surface area contributed by atoms with Gasteiger partial charge >= 0.3 is 11.9 Å². The number of nitro groups is 1. The normalized spacial score (nSPS) is 11.2. The van der Waals surface area contributed by atoms with Gasteiger partial charge in [-0.15, -0.1) is 0 Å². The first-order chi connectivity index (χ1) is 8.26. The first-order valence-corrected chi connectivity index (χ1v) is 4.50. The molecule has 0 atom stereocenters. The van der Waals surface area contributed by atoms with Crippen LogP contribution in [0.2, 0.25) is 0 Å². The molecule has 0 saturated carbocycles. The number of hydrogen-bond donors (Lipinski definition) is 2. The van der Waals surface area contributed by atoms with E-state index in [0.29, 0.717) is 4.90 Å². The molecule has 3 N–H and O–H groups in total. The van der Waals surface area contributed by atoms with Gasteiger partial charge in [-0.25, -0.2) is 15.8 Å². The second kappa shape index (κ2) is 5.00. The lowest BCUT2D eigenvalue weighted by Gasteiger charge is -2.19. The molecule has 0 radical (unpaired) electrons. The zero-order valence-electron chi connectivity index (χ0n) is 9.10. The number of alkyl halides is 3. The molecule has 8 nitrogen and oxygen atoms in total. The van der Waals surface area contributed by atoms with Gasteiger partial charge in [-0.3, -0.25) is 10.1 Å². The molecular weight excluding hydrogens is 257 g/mol. The Morgan fingerprint density at radius 3 is 2.61 bits per heavy atom. The summed E-state index contributed by atoms with van der Waals surface area (Å²) < 4.78 is 36.6. The van der Waals surface area contributed by atoms with Crippen LogP contribution in [-0.2, 0) is 0 Å². The summed E-state index contributed by atoms with van der Waals surface area (Å²) in [5, 5.41) is 10.8. The van der Waals surface area contributed by atoms with Crippen molar-refractivity contribution in [2.75, 3.05) is 23.9 Å². The van der Waals surface area contributed by atoms with Gasteiger partial charge in [-0.05, 0) is 0 Å². The molecule has 1 rings (SSSR count). The van der Waals surface area contributed by atoms with Crippen molar-refractivity contribution in [3.8, 4) is 0 Å². The van der Waals surface area contributed by atoms with Crippen LogP contribution < -0.4 is 16.2 Å². The second-order valence-corrected chi connectivity index (χ2v) is 3.27. The maximum Gasteiger partial charge on any atom is 0.405 e. The molecule has 1 aromatic heterocycles. The number of nitrogens with one attached hydrogen (secondary N) is 1. The first-order valence-electron chi connectivity index (χ1n) is 4.50. The molecule has 0 aliphatic heterocycles. The monoisotopic (exact) mass is 266 g/mol. The molecule has 18 heavy (non-hydrogen) atoms. The van der Waals surface area contributed by atoms with Gasteiger partial charge < -0.3 is 10.3 Å². The Morgan fingerprint density at radius 2 is 2.17 bits per heavy atom. The van der Waals surface area contributed by atoms with Gasteiger partial charge in [0.2, 0.25) is 11.6 Å². The van der Waals surface area contributed by atoms with Gasteiger partial charge in [0.1, 0.15) is 12.9 Å². The van der Waals surface area contributed by atoms with E-state index in [2.05, 4.69) is 9.97 Å². The molecule has 0 bridgehead atoms. The molecule has 100 valence electrons. The highest BCUT2D eigenvalue weighted by Gasteiger charge is 2.33. The smallest absolute Gasteiger partial charge is 0.345 e. The Labute approximate surface area is 98.7 Å². The van der Waals surface area contributed by atoms with Crippen LogP contribution in [0.25, 0.3) is 0 Å². The Morgan fingerprint density at radius 1 is 1.56 bits per heavy atom. The number of aromatic nitrogens is 2. The van der Waals surface area contributed by atoms with E-state index in [1.165, 1.54) is 0 Å². The molecule has 0 fully saturated rings. The highest BCUT2D eigenvalue weighted by atomic mass is 19.4. The number of halogens is 3. The maximum atomic E-state index is 12.2. The van der Waals surface area contributed by atoms with E-state index < -0.39 is 29.1 Å². The minimum Gasteiger partial charge on any atom is -0.345 e. The van der Waals surface area contributed by atoms with Crippen LogP contribution in [0.1, 0.15) is 0 Å². The van der Waals surface area contributed by atoms with Gasteiger partial charge in [-0.2, -0.15) is 13.2 Å². The van der Waals surface area contributed by atoms with Crippen molar-refractivity contribution >= 4 is 17.3 Å². The lowest BCUT2D eigenvalue weighted by atomic mass is 10.4. The van der Waals surface area contributed by atoms with Gasteiger partial charge in [0.25, 0.3) is 0 Å². The largest absolute Gasteiger partial charge is 0.405 e. The van der Waals surface area contributed by atoms with Crippen molar-refractivity contribution in [1.82, 2.24) is 9.97 Å². The van der Waals surface area contributed by atoms with E-state index in [-0.39, 0.29) is 5.82 Å². The third-order valence-electron chi connectivity index (χ3n) is 1.90. The highest BCUT2D eigenvalue weighted by molar-refractivity contribution is 5.69. The van der Waals surface area contributed by atoms with Crippen LogP contribution in [0.5, 0.6) is 0 Å². The van der Waals surface area contributed by atoms with Crippen LogP contribution in [0, 0.1) is 10.1 Å². The van der Waals surface area contributed by atoms with E-state index in [1.54, 1.807) is 0 Å². The fourth-order valence-corrected chi connectivity index (χ4v) is 1.27. The topological polar surface area (TPSA) is 110 Å². The fraction of sp³-hybridized carbons (Fsp3) is 0.429. The van der Waals surface area contributed by atoms with Crippen LogP contribution in [0.15, 0.2) is 6.33 Å². The summed E-state index contributed by atoms with van der Waals surface area (Å²) >= 11 is 0. The zero-order valence-corrected chi connectivity index (χ0v) is 9.10. The zero-order chi connectivity index (χ0) is 13.9. The Hall–Kier alpha value is -2.17. The third kappa shape index (κ3) is 3.16. The predicted octanol–water partition coefficient (Wildman–Crippen LogP) is 0.669. The molecule has 1 heterocycles. The molecule has 0 amide bonds. The highest BCUT2D eigenvalue weighted by Crippen LogP contribution is 2.31. The molecule has 0 unspecified atom stereocenters. The number of nitrogen functional groups attached to an aromatic ring is 1. The van der Waals surface area contributed by atoms with E-state index >= 15 is 0 Å². The molecule has 0 saturated heterocycles. The fourth-order valence-electron chi connectivity index (χ4n) is 1.27. The number of anilines is 2. The van der Waals surface area contributed by atoms with Gasteiger partial charge in [0.15, 0.2) is 0 Å². The molecule has 0 aliphatic carbocycles. The minimum absolute atomic E-state index is 0.362. The van der Waals surface area contributed by atoms with E-state index in [9.17, 15) is 23.3 Å². The van der Waals surface area contributed by atoms with Gasteiger partial charge in [0, 0.05) is 7.05 Å². The summed E-state index contributed by atoms with van der Waals surface area (Å²) in [5.41, 5.74) is 1.22. The van der Waals surface area contributed by atoms with Crippen molar-refractivity contribution in [3.63, 3.8) is 0 Å². The number of hydrogen-bond acceptors (Lipinski definition) is 7. The van der Waals surface area contributed by atoms with E-state index in [0.717, 1.165) is 13.4 Å². The minimum atomic E-state index is -4.51. The van der Waals surface area contributed by atoms with Crippen molar-refractivity contribution in [2.45, 2.75) is 6.18 Å². The van der Waals surface area contributed by atoms with Crippen LogP contribution >= 0.6 is 0 Å². The van der Waals surface area contributed by atoms with Crippen molar-refractivity contribution in [2.24, 2.45) is 5.84 Å². The Kier molecular flexibility index (Phi) is 3.86. The molecular formula is C7H9F3N6O2. The average molecular weight is 266 g/mol. The van der Waals surface area contributed by atoms with Crippen molar-refractivity contribution in [1.29, 1.82) is 0 Å². The lowest BCUT2D eigenvalue weighted by molar-refractivity contribution is -0.383. The average Bonchev–Trinajstić information content (AvgIpc) is 2.25. The first kappa shape index (κ1) is 13.9. The number of nitrogens with zero attached hydrogens (tertiary/aromatic N) is 4. The van der Waals surface area contributed by atoms with Crippen LogP contribution in [0.4, 0.5) is 30.5 Å². The molecule has 0 aromatic carbocycles. The van der Waals surface area contributed by atoms with Crippen molar-refractivity contribution in [3.05, 3.63) is 16.4 Å². The summed E-state index contributed by atoms with van der Waals surface area (Å²) in [5.74, 6) is 4.17. The van der Waals surface area contributed by atoms with Crippen LogP contribution in [-0.4, -0.2) is 34.7 Å². The number of hydrazine groups is 1. The SMILES string of the molecule is CN(CC(F)(F)F)c1ncnc(NN)c1[N+](=O)[O-]. The summed E-state index contributed by atoms with van der Waals surface area (Å²) in [6.45, 7) is -1.38. The molecule has 11 heteroatoms. The summed E-state index contributed by atoms with van der Waals surface area (Å²) in [4.78, 5) is 17.4. The summed E-state index contributed by atoms with van der Waals surface area (Å²) in [6.07, 6.45) is -3.63. The molecule has 0 spiro atoms. The number of nitrogens with two attached hydrogens (primary N) is 1. The quantitative estimate of drug-likeness (QED) is 0.468. The Balaban J connectivity index is 3.19. The Bertz CT molecular complexity index is 451. The number of rotatable bonds is 4. The third-order valence-corrected chi connectivity index (χ3v) is 1.90. The molecule has 0 aliphatic rings. The molecule has 1 aromatic rings. The van der Waals surface area contributed by atoms with E-state index in [1.807, 2.05) is 5.43 Å². The van der Waals surface area contributed by atoms with Crippen molar-refractivity contribution < 1.29 is 18.1 Å². The summed E-state index contributed by atoms with van der Waals surface area (Å²) in [6, 6.07) is 0. The van der Waals surface area contributed by atoms with Crippen LogP contribution in [0.3, 0.4) is 0 Å². The summed E-state index contributed by atoms with van der Waals surface area (Å²) in [7, 11) is 1.03. The van der Waals surface area contributed by atoms with E-state index in [4.69, 9.17) is 5.84 Å². The maximum absolute atomic E-state index is 12.2. The van der Waals surface area contributed by atoms with Gasteiger partial charge in [0.05, 0.1) is 4.92 Å². The second-order valence-electron chi connectivity index (χ2n) is 3.27. The lowest BCUT2D eigenvalue weighted by Crippen LogP contribution is -2.32.